The van der Waals surface area contributed by atoms with Crippen molar-refractivity contribution < 1.29 is 22.0 Å². The Hall–Kier alpha value is -2.97. The zero-order valence-electron chi connectivity index (χ0n) is 13.5. The van der Waals surface area contributed by atoms with Crippen molar-refractivity contribution in [2.45, 2.75) is 11.4 Å². The number of rotatable bonds is 5. The molecule has 1 aromatic heterocycles. The van der Waals surface area contributed by atoms with Crippen LogP contribution in [0, 0.1) is 5.82 Å². The van der Waals surface area contributed by atoms with Gasteiger partial charge in [0.05, 0.1) is 10.5 Å². The highest BCUT2D eigenvalue weighted by atomic mass is 32.2. The number of halogens is 1. The second-order valence-corrected chi connectivity index (χ2v) is 7.08. The van der Waals surface area contributed by atoms with E-state index in [1.54, 1.807) is 30.3 Å². The molecule has 3 rings (SSSR count). The number of benzene rings is 2. The van der Waals surface area contributed by atoms with Crippen LogP contribution in [0.4, 0.5) is 4.39 Å². The number of carbonyl (C=O) groups excluding carboxylic acids is 1. The summed E-state index contributed by atoms with van der Waals surface area (Å²) in [6.07, 6.45) is 0. The fourth-order valence-electron chi connectivity index (χ4n) is 2.33. The lowest BCUT2D eigenvalue weighted by molar-refractivity contribution is 0.0924. The first-order chi connectivity index (χ1) is 12.3. The molecule has 3 aromatic rings. The van der Waals surface area contributed by atoms with Crippen LogP contribution in [0.1, 0.15) is 16.1 Å². The van der Waals surface area contributed by atoms with Gasteiger partial charge in [-0.25, -0.2) is 17.9 Å². The van der Waals surface area contributed by atoms with E-state index in [4.69, 9.17) is 9.56 Å². The van der Waals surface area contributed by atoms with Crippen molar-refractivity contribution in [3.8, 4) is 11.3 Å². The Morgan fingerprint density at radius 1 is 1.04 bits per heavy atom. The number of hydrogen-bond acceptors (Lipinski definition) is 4. The lowest BCUT2D eigenvalue weighted by atomic mass is 10.1. The van der Waals surface area contributed by atoms with Crippen molar-refractivity contribution in [2.24, 2.45) is 5.14 Å². The Morgan fingerprint density at radius 2 is 1.73 bits per heavy atom. The lowest BCUT2D eigenvalue weighted by Gasteiger charge is -2.05. The molecule has 0 aliphatic rings. The third-order valence-electron chi connectivity index (χ3n) is 3.67. The summed E-state index contributed by atoms with van der Waals surface area (Å²) < 4.78 is 41.6. The number of furan rings is 1. The minimum atomic E-state index is -3.75. The molecule has 134 valence electrons. The topological polar surface area (TPSA) is 102 Å². The van der Waals surface area contributed by atoms with Gasteiger partial charge in [0, 0.05) is 6.54 Å². The molecule has 0 radical (unpaired) electrons. The van der Waals surface area contributed by atoms with E-state index in [2.05, 4.69) is 5.32 Å². The van der Waals surface area contributed by atoms with E-state index in [9.17, 15) is 17.6 Å². The quantitative estimate of drug-likeness (QED) is 0.717. The summed E-state index contributed by atoms with van der Waals surface area (Å²) in [6.45, 7) is 0.166. The molecular formula is C18H15FN2O4S. The average Bonchev–Trinajstić information content (AvgIpc) is 3.09. The Bertz CT molecular complexity index is 1040. The highest BCUT2D eigenvalue weighted by Crippen LogP contribution is 2.24. The maximum atomic E-state index is 13.8. The largest absolute Gasteiger partial charge is 0.451 e. The fourth-order valence-corrected chi connectivity index (χ4v) is 2.85. The molecule has 0 saturated heterocycles. The summed E-state index contributed by atoms with van der Waals surface area (Å²) in [6, 6.07) is 14.9. The molecule has 0 aliphatic carbocycles. The number of nitrogens with two attached hydrogens (primary N) is 1. The molecule has 0 bridgehead atoms. The molecule has 1 amide bonds. The maximum absolute atomic E-state index is 13.8. The van der Waals surface area contributed by atoms with Gasteiger partial charge in [0.25, 0.3) is 5.91 Å². The van der Waals surface area contributed by atoms with E-state index in [-0.39, 0.29) is 28.5 Å². The van der Waals surface area contributed by atoms with Gasteiger partial charge in [-0.05, 0) is 42.0 Å². The molecule has 3 N–H and O–H groups in total. The average molecular weight is 374 g/mol. The van der Waals surface area contributed by atoms with Crippen molar-refractivity contribution >= 4 is 15.9 Å². The first-order valence-electron chi connectivity index (χ1n) is 7.59. The molecule has 6 nitrogen and oxygen atoms in total. The highest BCUT2D eigenvalue weighted by Gasteiger charge is 2.14. The van der Waals surface area contributed by atoms with Gasteiger partial charge < -0.3 is 9.73 Å². The number of sulfonamides is 1. The van der Waals surface area contributed by atoms with Crippen LogP contribution in [0.2, 0.25) is 0 Å². The smallest absolute Gasteiger partial charge is 0.287 e. The predicted octanol–water partition coefficient (Wildman–Crippen LogP) is 2.66. The summed E-state index contributed by atoms with van der Waals surface area (Å²) in [5, 5.41) is 7.68. The molecule has 0 aliphatic heterocycles. The molecule has 0 unspecified atom stereocenters. The highest BCUT2D eigenvalue weighted by molar-refractivity contribution is 7.89. The number of nitrogens with one attached hydrogen (secondary N) is 1. The van der Waals surface area contributed by atoms with Gasteiger partial charge in [0.2, 0.25) is 10.0 Å². The molecule has 26 heavy (non-hydrogen) atoms. The summed E-state index contributed by atoms with van der Waals surface area (Å²) >= 11 is 0. The molecule has 0 fully saturated rings. The van der Waals surface area contributed by atoms with Crippen LogP contribution in [0.3, 0.4) is 0 Å². The number of carbonyl (C=O) groups is 1. The molecule has 1 heterocycles. The summed E-state index contributed by atoms with van der Waals surface area (Å²) in [5.41, 5.74) is 0.955. The minimum absolute atomic E-state index is 0.00635. The van der Waals surface area contributed by atoms with Gasteiger partial charge in [0.15, 0.2) is 5.76 Å². The van der Waals surface area contributed by atoms with Gasteiger partial charge >= 0.3 is 0 Å². The molecule has 0 spiro atoms. The van der Waals surface area contributed by atoms with Crippen molar-refractivity contribution in [3.05, 3.63) is 77.8 Å². The second-order valence-electron chi connectivity index (χ2n) is 5.52. The van der Waals surface area contributed by atoms with Crippen LogP contribution in [0.15, 0.2) is 70.0 Å². The van der Waals surface area contributed by atoms with Crippen LogP contribution in [-0.4, -0.2) is 14.3 Å². The van der Waals surface area contributed by atoms with Gasteiger partial charge in [0.1, 0.15) is 11.6 Å². The summed E-state index contributed by atoms with van der Waals surface area (Å²) in [4.78, 5) is 12.2. The van der Waals surface area contributed by atoms with E-state index in [1.165, 1.54) is 30.3 Å². The monoisotopic (exact) mass is 374 g/mol. The molecular weight excluding hydrogens is 359 g/mol. The van der Waals surface area contributed by atoms with Crippen molar-refractivity contribution in [1.82, 2.24) is 5.32 Å². The van der Waals surface area contributed by atoms with Crippen LogP contribution in [0.5, 0.6) is 0 Å². The summed E-state index contributed by atoms with van der Waals surface area (Å²) in [7, 11) is -3.75. The van der Waals surface area contributed by atoms with Crippen molar-refractivity contribution in [3.63, 3.8) is 0 Å². The third kappa shape index (κ3) is 3.98. The maximum Gasteiger partial charge on any atom is 0.287 e. The van der Waals surface area contributed by atoms with E-state index in [0.717, 1.165) is 0 Å². The van der Waals surface area contributed by atoms with E-state index < -0.39 is 21.7 Å². The van der Waals surface area contributed by atoms with Gasteiger partial charge in [-0.1, -0.05) is 24.3 Å². The van der Waals surface area contributed by atoms with E-state index in [0.29, 0.717) is 5.56 Å². The molecule has 0 saturated carbocycles. The minimum Gasteiger partial charge on any atom is -0.451 e. The van der Waals surface area contributed by atoms with Gasteiger partial charge in [-0.2, -0.15) is 0 Å². The van der Waals surface area contributed by atoms with Crippen LogP contribution >= 0.6 is 0 Å². The second kappa shape index (κ2) is 7.11. The Kier molecular flexibility index (Phi) is 4.88. The SMILES string of the molecule is NS(=O)(=O)c1ccc(CNC(=O)c2ccc(-c3ccccc3F)o2)cc1. The standard InChI is InChI=1S/C18H15FN2O4S/c19-15-4-2-1-3-14(15)16-9-10-17(25-16)18(22)21-11-12-5-7-13(8-6-12)26(20,23)24/h1-10H,11H2,(H,21,22)(H2,20,23,24). The summed E-state index contributed by atoms with van der Waals surface area (Å²) in [5.74, 6) is -0.609. The van der Waals surface area contributed by atoms with Gasteiger partial charge in [-0.15, -0.1) is 0 Å². The third-order valence-corrected chi connectivity index (χ3v) is 4.60. The van der Waals surface area contributed by atoms with E-state index >= 15 is 0 Å². The molecule has 0 atom stereocenters. The van der Waals surface area contributed by atoms with Crippen LogP contribution < -0.4 is 10.5 Å². The number of primary sulfonamides is 1. The van der Waals surface area contributed by atoms with Gasteiger partial charge in [-0.3, -0.25) is 4.79 Å². The lowest BCUT2D eigenvalue weighted by Crippen LogP contribution is -2.22. The zero-order chi connectivity index (χ0) is 18.7. The number of hydrogen-bond donors (Lipinski definition) is 2. The van der Waals surface area contributed by atoms with Crippen LogP contribution in [-0.2, 0) is 16.6 Å². The van der Waals surface area contributed by atoms with E-state index in [1.807, 2.05) is 0 Å². The Labute approximate surface area is 149 Å². The Balaban J connectivity index is 1.67. The first kappa shape index (κ1) is 17.8. The van der Waals surface area contributed by atoms with Crippen molar-refractivity contribution in [1.29, 1.82) is 0 Å². The van der Waals surface area contributed by atoms with Crippen molar-refractivity contribution in [2.75, 3.05) is 0 Å². The Morgan fingerprint density at radius 3 is 2.38 bits per heavy atom. The zero-order valence-corrected chi connectivity index (χ0v) is 14.3. The molecule has 2 aromatic carbocycles. The fraction of sp³-hybridized carbons (Fsp3) is 0.0556. The normalized spacial score (nSPS) is 11.3. The van der Waals surface area contributed by atoms with Crippen LogP contribution in [0.25, 0.3) is 11.3 Å². The molecule has 8 heteroatoms. The predicted molar refractivity (Wildman–Crippen MR) is 93.1 cm³/mol. The number of amides is 1. The first-order valence-corrected chi connectivity index (χ1v) is 9.14.